The first-order valence-corrected chi connectivity index (χ1v) is 10.8. The van der Waals surface area contributed by atoms with Gasteiger partial charge >= 0.3 is 0 Å². The van der Waals surface area contributed by atoms with E-state index in [0.717, 1.165) is 42.5 Å². The van der Waals surface area contributed by atoms with Gasteiger partial charge in [0.25, 0.3) is 0 Å². The van der Waals surface area contributed by atoms with Crippen molar-refractivity contribution in [3.05, 3.63) is 28.8 Å². The van der Waals surface area contributed by atoms with Crippen LogP contribution in [0.25, 0.3) is 0 Å². The van der Waals surface area contributed by atoms with Gasteiger partial charge in [-0.25, -0.2) is 0 Å². The van der Waals surface area contributed by atoms with E-state index in [4.69, 9.17) is 5.73 Å². The van der Waals surface area contributed by atoms with E-state index in [2.05, 4.69) is 24.4 Å². The van der Waals surface area contributed by atoms with E-state index in [1.54, 1.807) is 0 Å². The van der Waals surface area contributed by atoms with Gasteiger partial charge in [-0.1, -0.05) is 24.1 Å². The van der Waals surface area contributed by atoms with Crippen LogP contribution in [0.2, 0.25) is 0 Å². The second-order valence-corrected chi connectivity index (χ2v) is 9.37. The number of aryl methyl sites for hydroxylation is 3. The molecule has 1 aromatic rings. The molecule has 2 saturated carbocycles. The monoisotopic (exact) mass is 419 g/mol. The van der Waals surface area contributed by atoms with E-state index in [9.17, 15) is 9.59 Å². The molecule has 1 aliphatic heterocycles. The van der Waals surface area contributed by atoms with Gasteiger partial charge in [-0.15, -0.1) is 12.4 Å². The molecular weight excluding hydrogens is 386 g/mol. The van der Waals surface area contributed by atoms with Crippen molar-refractivity contribution in [1.29, 1.82) is 0 Å². The predicted molar refractivity (Wildman–Crippen MR) is 118 cm³/mol. The van der Waals surface area contributed by atoms with Crippen molar-refractivity contribution in [2.45, 2.75) is 71.4 Å². The SMILES string of the molecule is Cc1cc(C)c(N2CC(C(=O)NC3C4CCCC3CC(N)C4)CC2=O)c(C)c1.Cl. The van der Waals surface area contributed by atoms with Crippen LogP contribution in [0.4, 0.5) is 5.69 Å². The Morgan fingerprint density at radius 3 is 2.28 bits per heavy atom. The van der Waals surface area contributed by atoms with Crippen LogP contribution in [-0.4, -0.2) is 30.4 Å². The van der Waals surface area contributed by atoms with Crippen molar-refractivity contribution in [2.75, 3.05) is 11.4 Å². The summed E-state index contributed by atoms with van der Waals surface area (Å²) in [5, 5.41) is 3.34. The third-order valence-electron chi connectivity index (χ3n) is 7.09. The largest absolute Gasteiger partial charge is 0.353 e. The first kappa shape index (κ1) is 22.1. The number of hydrogen-bond acceptors (Lipinski definition) is 3. The van der Waals surface area contributed by atoms with E-state index in [1.165, 1.54) is 12.0 Å². The Kier molecular flexibility index (Phi) is 6.59. The van der Waals surface area contributed by atoms with Crippen LogP contribution in [0.5, 0.6) is 0 Å². The molecule has 1 saturated heterocycles. The second kappa shape index (κ2) is 8.65. The molecule has 2 aliphatic carbocycles. The number of halogens is 1. The van der Waals surface area contributed by atoms with Crippen molar-refractivity contribution in [3.63, 3.8) is 0 Å². The van der Waals surface area contributed by atoms with Gasteiger partial charge in [0.2, 0.25) is 11.8 Å². The highest BCUT2D eigenvalue weighted by Gasteiger charge is 2.42. The van der Waals surface area contributed by atoms with Crippen molar-refractivity contribution < 1.29 is 9.59 Å². The number of hydrogen-bond donors (Lipinski definition) is 2. The standard InChI is InChI=1S/C23H33N3O2.ClH/c1-13-7-14(2)22(15(3)8-13)26-12-18(11-20(26)27)23(28)25-21-16-5-4-6-17(21)10-19(24)9-16;/h7-8,16-19,21H,4-6,9-12,24H2,1-3H3,(H,25,28);1H. The van der Waals surface area contributed by atoms with Gasteiger partial charge in [-0.3, -0.25) is 9.59 Å². The van der Waals surface area contributed by atoms with Crippen LogP contribution in [0.15, 0.2) is 12.1 Å². The molecule has 3 aliphatic rings. The van der Waals surface area contributed by atoms with E-state index >= 15 is 0 Å². The van der Waals surface area contributed by atoms with Crippen molar-refractivity contribution in [3.8, 4) is 0 Å². The molecule has 0 radical (unpaired) electrons. The number of benzene rings is 1. The number of anilines is 1. The molecule has 6 heteroatoms. The number of fused-ring (bicyclic) bond motifs is 2. The lowest BCUT2D eigenvalue weighted by Crippen LogP contribution is -2.54. The Hall–Kier alpha value is -1.59. The second-order valence-electron chi connectivity index (χ2n) is 9.37. The van der Waals surface area contributed by atoms with Gasteiger partial charge in [-0.2, -0.15) is 0 Å². The summed E-state index contributed by atoms with van der Waals surface area (Å²) < 4.78 is 0. The summed E-state index contributed by atoms with van der Waals surface area (Å²) in [7, 11) is 0. The normalized spacial score (nSPS) is 31.4. The zero-order chi connectivity index (χ0) is 20.0. The highest BCUT2D eigenvalue weighted by atomic mass is 35.5. The summed E-state index contributed by atoms with van der Waals surface area (Å²) in [6, 6.07) is 4.73. The first-order chi connectivity index (χ1) is 13.3. The van der Waals surface area contributed by atoms with Gasteiger partial charge in [0, 0.05) is 30.7 Å². The number of amides is 2. The molecule has 1 heterocycles. The molecule has 3 atom stereocenters. The maximum absolute atomic E-state index is 13.1. The lowest BCUT2D eigenvalue weighted by Gasteiger charge is -2.45. The van der Waals surface area contributed by atoms with Crippen LogP contribution >= 0.6 is 12.4 Å². The minimum atomic E-state index is -0.260. The molecule has 29 heavy (non-hydrogen) atoms. The highest BCUT2D eigenvalue weighted by molar-refractivity contribution is 6.01. The topological polar surface area (TPSA) is 75.4 Å². The van der Waals surface area contributed by atoms with Gasteiger partial charge < -0.3 is 16.0 Å². The van der Waals surface area contributed by atoms with Crippen LogP contribution in [0.3, 0.4) is 0 Å². The minimum Gasteiger partial charge on any atom is -0.353 e. The Balaban J connectivity index is 0.00000240. The number of nitrogens with zero attached hydrogens (tertiary/aromatic N) is 1. The number of nitrogens with two attached hydrogens (primary N) is 1. The fraction of sp³-hybridized carbons (Fsp3) is 0.652. The smallest absolute Gasteiger partial charge is 0.227 e. The molecule has 2 amide bonds. The number of carbonyl (C=O) groups excluding carboxylic acids is 2. The molecule has 3 unspecified atom stereocenters. The Labute approximate surface area is 180 Å². The van der Waals surface area contributed by atoms with E-state index < -0.39 is 0 Å². The predicted octanol–water partition coefficient (Wildman–Crippen LogP) is 3.41. The molecule has 4 rings (SSSR count). The fourth-order valence-electron chi connectivity index (χ4n) is 6.00. The Morgan fingerprint density at radius 1 is 1.10 bits per heavy atom. The Bertz CT molecular complexity index is 759. The van der Waals surface area contributed by atoms with Crippen LogP contribution in [0, 0.1) is 38.5 Å². The third-order valence-corrected chi connectivity index (χ3v) is 7.09. The van der Waals surface area contributed by atoms with E-state index in [0.29, 0.717) is 24.8 Å². The van der Waals surface area contributed by atoms with Crippen LogP contribution in [-0.2, 0) is 9.59 Å². The summed E-state index contributed by atoms with van der Waals surface area (Å²) in [6.45, 7) is 6.64. The molecule has 1 aromatic carbocycles. The van der Waals surface area contributed by atoms with Crippen LogP contribution < -0.4 is 16.0 Å². The number of rotatable bonds is 3. The fourth-order valence-corrected chi connectivity index (χ4v) is 6.00. The summed E-state index contributed by atoms with van der Waals surface area (Å²) >= 11 is 0. The summed E-state index contributed by atoms with van der Waals surface area (Å²) in [5.74, 6) is 0.850. The van der Waals surface area contributed by atoms with E-state index in [-0.39, 0.29) is 42.2 Å². The lowest BCUT2D eigenvalue weighted by molar-refractivity contribution is -0.128. The quantitative estimate of drug-likeness (QED) is 0.788. The highest BCUT2D eigenvalue weighted by Crippen LogP contribution is 2.40. The number of carbonyl (C=O) groups is 2. The molecule has 160 valence electrons. The average molecular weight is 420 g/mol. The summed E-state index contributed by atoms with van der Waals surface area (Å²) in [5.41, 5.74) is 10.6. The minimum absolute atomic E-state index is 0. The molecule has 3 fully saturated rings. The molecule has 0 aromatic heterocycles. The maximum atomic E-state index is 13.1. The van der Waals surface area contributed by atoms with Crippen LogP contribution in [0.1, 0.15) is 55.2 Å². The van der Waals surface area contributed by atoms with Gasteiger partial charge in [0.15, 0.2) is 0 Å². The Morgan fingerprint density at radius 2 is 1.69 bits per heavy atom. The van der Waals surface area contributed by atoms with Crippen molar-refractivity contribution in [1.82, 2.24) is 5.32 Å². The molecule has 3 N–H and O–H groups in total. The van der Waals surface area contributed by atoms with Crippen molar-refractivity contribution in [2.24, 2.45) is 23.5 Å². The average Bonchev–Trinajstić information content (AvgIpc) is 2.96. The lowest BCUT2D eigenvalue weighted by atomic mass is 9.67. The van der Waals surface area contributed by atoms with Gasteiger partial charge in [0.05, 0.1) is 5.92 Å². The first-order valence-electron chi connectivity index (χ1n) is 10.8. The number of nitrogens with one attached hydrogen (secondary N) is 1. The molecule has 2 bridgehead atoms. The van der Waals surface area contributed by atoms with Gasteiger partial charge in [-0.05, 0) is 69.4 Å². The zero-order valence-corrected chi connectivity index (χ0v) is 18.6. The summed E-state index contributed by atoms with van der Waals surface area (Å²) in [6.07, 6.45) is 5.90. The molecule has 0 spiro atoms. The summed E-state index contributed by atoms with van der Waals surface area (Å²) in [4.78, 5) is 27.6. The molecule has 5 nitrogen and oxygen atoms in total. The maximum Gasteiger partial charge on any atom is 0.227 e. The van der Waals surface area contributed by atoms with E-state index in [1.807, 2.05) is 18.7 Å². The third kappa shape index (κ3) is 4.31. The zero-order valence-electron chi connectivity index (χ0n) is 17.7. The molecular formula is C23H34ClN3O2. The van der Waals surface area contributed by atoms with Gasteiger partial charge in [0.1, 0.15) is 0 Å². The van der Waals surface area contributed by atoms with Crippen molar-refractivity contribution >= 4 is 29.9 Å².